The smallest absolute Gasteiger partial charge is 0.188 e. The first-order chi connectivity index (χ1) is 12.8. The standard InChI is InChI=1S/C21H19NO4/c1-23-13-25-19-10-8-16-5-3-4-6-17(16)21(19)18-9-7-15(12-22)11-20(18)26-14-24-2/h3-11H,13-14H2,1-2H3. The number of hydrogen-bond donors (Lipinski definition) is 0. The Morgan fingerprint density at radius 3 is 2.31 bits per heavy atom. The summed E-state index contributed by atoms with van der Waals surface area (Å²) in [7, 11) is 3.13. The molecule has 0 N–H and O–H groups in total. The van der Waals surface area contributed by atoms with Gasteiger partial charge in [-0.15, -0.1) is 0 Å². The molecule has 0 radical (unpaired) electrons. The van der Waals surface area contributed by atoms with E-state index in [0.29, 0.717) is 17.1 Å². The van der Waals surface area contributed by atoms with Crippen molar-refractivity contribution in [3.63, 3.8) is 0 Å². The van der Waals surface area contributed by atoms with Crippen molar-refractivity contribution in [2.75, 3.05) is 27.8 Å². The van der Waals surface area contributed by atoms with Crippen LogP contribution >= 0.6 is 0 Å². The van der Waals surface area contributed by atoms with Crippen LogP contribution in [0.5, 0.6) is 11.5 Å². The normalized spacial score (nSPS) is 10.5. The highest BCUT2D eigenvalue weighted by atomic mass is 16.7. The molecule has 0 saturated heterocycles. The summed E-state index contributed by atoms with van der Waals surface area (Å²) in [6.45, 7) is 0.219. The topological polar surface area (TPSA) is 60.7 Å². The van der Waals surface area contributed by atoms with Crippen LogP contribution in [0.15, 0.2) is 54.6 Å². The average Bonchev–Trinajstić information content (AvgIpc) is 2.70. The molecule has 3 aromatic rings. The molecular formula is C21H19NO4. The summed E-state index contributed by atoms with van der Waals surface area (Å²) in [4.78, 5) is 0. The van der Waals surface area contributed by atoms with E-state index in [0.717, 1.165) is 21.9 Å². The van der Waals surface area contributed by atoms with E-state index in [9.17, 15) is 5.26 Å². The van der Waals surface area contributed by atoms with Crippen LogP contribution in [0.3, 0.4) is 0 Å². The molecule has 3 aromatic carbocycles. The number of ether oxygens (including phenoxy) is 4. The zero-order valence-corrected chi connectivity index (χ0v) is 14.7. The van der Waals surface area contributed by atoms with Crippen molar-refractivity contribution >= 4 is 10.8 Å². The molecule has 0 amide bonds. The number of rotatable bonds is 7. The highest BCUT2D eigenvalue weighted by Crippen LogP contribution is 2.42. The van der Waals surface area contributed by atoms with Crippen molar-refractivity contribution in [2.24, 2.45) is 0 Å². The second-order valence-electron chi connectivity index (χ2n) is 5.58. The lowest BCUT2D eigenvalue weighted by Gasteiger charge is -2.17. The summed E-state index contributed by atoms with van der Waals surface area (Å²) < 4.78 is 21.6. The number of benzene rings is 3. The van der Waals surface area contributed by atoms with Crippen molar-refractivity contribution in [1.29, 1.82) is 5.26 Å². The first-order valence-corrected chi connectivity index (χ1v) is 8.08. The van der Waals surface area contributed by atoms with Gasteiger partial charge in [0.1, 0.15) is 11.5 Å². The summed E-state index contributed by atoms with van der Waals surface area (Å²) in [5.41, 5.74) is 2.22. The average molecular weight is 349 g/mol. The number of methoxy groups -OCH3 is 2. The molecule has 0 spiro atoms. The molecule has 26 heavy (non-hydrogen) atoms. The lowest BCUT2D eigenvalue weighted by Crippen LogP contribution is -2.03. The lowest BCUT2D eigenvalue weighted by atomic mass is 9.95. The van der Waals surface area contributed by atoms with E-state index in [2.05, 4.69) is 6.07 Å². The van der Waals surface area contributed by atoms with Gasteiger partial charge in [-0.1, -0.05) is 30.3 Å². The van der Waals surface area contributed by atoms with Crippen LogP contribution in [-0.4, -0.2) is 27.8 Å². The molecule has 3 rings (SSSR count). The Hall–Kier alpha value is -3.07. The minimum Gasteiger partial charge on any atom is -0.467 e. The Morgan fingerprint density at radius 2 is 1.58 bits per heavy atom. The predicted octanol–water partition coefficient (Wildman–Crippen LogP) is 4.34. The maximum Gasteiger partial charge on any atom is 0.188 e. The van der Waals surface area contributed by atoms with Crippen LogP contribution in [0.1, 0.15) is 5.56 Å². The third-order valence-electron chi connectivity index (χ3n) is 3.94. The van der Waals surface area contributed by atoms with Gasteiger partial charge in [0, 0.05) is 25.3 Å². The Labute approximate surface area is 152 Å². The first-order valence-electron chi connectivity index (χ1n) is 8.08. The Balaban J connectivity index is 2.24. The third-order valence-corrected chi connectivity index (χ3v) is 3.94. The summed E-state index contributed by atoms with van der Waals surface area (Å²) in [6, 6.07) is 19.4. The van der Waals surface area contributed by atoms with E-state index >= 15 is 0 Å². The van der Waals surface area contributed by atoms with E-state index in [1.165, 1.54) is 0 Å². The van der Waals surface area contributed by atoms with Crippen LogP contribution in [0.2, 0.25) is 0 Å². The molecule has 132 valence electrons. The number of nitriles is 1. The number of fused-ring (bicyclic) bond motifs is 1. The van der Waals surface area contributed by atoms with Crippen molar-refractivity contribution in [3.05, 3.63) is 60.2 Å². The Bertz CT molecular complexity index is 946. The molecule has 5 nitrogen and oxygen atoms in total. The van der Waals surface area contributed by atoms with Crippen LogP contribution < -0.4 is 9.47 Å². The van der Waals surface area contributed by atoms with E-state index in [1.807, 2.05) is 42.5 Å². The quantitative estimate of drug-likeness (QED) is 0.594. The minimum atomic E-state index is 0.0842. The molecule has 0 aliphatic carbocycles. The minimum absolute atomic E-state index is 0.0842. The van der Waals surface area contributed by atoms with Gasteiger partial charge in [-0.2, -0.15) is 5.26 Å². The summed E-state index contributed by atoms with van der Waals surface area (Å²) in [6.07, 6.45) is 0. The molecular weight excluding hydrogens is 330 g/mol. The second-order valence-corrected chi connectivity index (χ2v) is 5.58. The van der Waals surface area contributed by atoms with Gasteiger partial charge < -0.3 is 18.9 Å². The predicted molar refractivity (Wildman–Crippen MR) is 99.1 cm³/mol. The van der Waals surface area contributed by atoms with Crippen LogP contribution in [0, 0.1) is 11.3 Å². The fourth-order valence-corrected chi connectivity index (χ4v) is 2.81. The number of nitrogens with zero attached hydrogens (tertiary/aromatic N) is 1. The fraction of sp³-hybridized carbons (Fsp3) is 0.190. The van der Waals surface area contributed by atoms with E-state index in [4.69, 9.17) is 18.9 Å². The Morgan fingerprint density at radius 1 is 0.846 bits per heavy atom. The van der Waals surface area contributed by atoms with Gasteiger partial charge in [0.25, 0.3) is 0 Å². The zero-order chi connectivity index (χ0) is 18.4. The van der Waals surface area contributed by atoms with Gasteiger partial charge in [0.15, 0.2) is 13.6 Å². The molecule has 0 aromatic heterocycles. The summed E-state index contributed by atoms with van der Waals surface area (Å²) in [5, 5.41) is 11.3. The van der Waals surface area contributed by atoms with Crippen molar-refractivity contribution in [2.45, 2.75) is 0 Å². The lowest BCUT2D eigenvalue weighted by molar-refractivity contribution is 0.0501. The van der Waals surface area contributed by atoms with Crippen LogP contribution in [-0.2, 0) is 9.47 Å². The van der Waals surface area contributed by atoms with Crippen LogP contribution in [0.4, 0.5) is 0 Å². The summed E-state index contributed by atoms with van der Waals surface area (Å²) in [5.74, 6) is 1.24. The molecule has 0 fully saturated rings. The third kappa shape index (κ3) is 3.62. The highest BCUT2D eigenvalue weighted by molar-refractivity contribution is 6.01. The molecule has 0 unspecified atom stereocenters. The van der Waals surface area contributed by atoms with Gasteiger partial charge in [-0.05, 0) is 35.0 Å². The van der Waals surface area contributed by atoms with Gasteiger partial charge in [-0.25, -0.2) is 0 Å². The van der Waals surface area contributed by atoms with Gasteiger partial charge in [0.2, 0.25) is 0 Å². The van der Waals surface area contributed by atoms with Gasteiger partial charge in [0.05, 0.1) is 11.6 Å². The van der Waals surface area contributed by atoms with E-state index in [1.54, 1.807) is 26.4 Å². The molecule has 0 saturated carbocycles. The SMILES string of the molecule is COCOc1cc(C#N)ccc1-c1c(OCOC)ccc2ccccc12. The monoisotopic (exact) mass is 349 g/mol. The van der Waals surface area contributed by atoms with Crippen molar-refractivity contribution in [3.8, 4) is 28.7 Å². The summed E-state index contributed by atoms with van der Waals surface area (Å²) >= 11 is 0. The second kappa shape index (κ2) is 8.34. The first kappa shape index (κ1) is 17.7. The maximum atomic E-state index is 9.21. The Kier molecular flexibility index (Phi) is 5.69. The molecule has 0 aliphatic rings. The molecule has 0 bridgehead atoms. The fourth-order valence-electron chi connectivity index (χ4n) is 2.81. The highest BCUT2D eigenvalue weighted by Gasteiger charge is 2.16. The molecule has 0 heterocycles. The molecule has 5 heteroatoms. The van der Waals surface area contributed by atoms with Crippen molar-refractivity contribution < 1.29 is 18.9 Å². The molecule has 0 aliphatic heterocycles. The largest absolute Gasteiger partial charge is 0.467 e. The van der Waals surface area contributed by atoms with Crippen LogP contribution in [0.25, 0.3) is 21.9 Å². The maximum absolute atomic E-state index is 9.21. The van der Waals surface area contributed by atoms with Crippen molar-refractivity contribution in [1.82, 2.24) is 0 Å². The van der Waals surface area contributed by atoms with E-state index < -0.39 is 0 Å². The van der Waals surface area contributed by atoms with E-state index in [-0.39, 0.29) is 13.6 Å². The molecule has 0 atom stereocenters. The zero-order valence-electron chi connectivity index (χ0n) is 14.7. The van der Waals surface area contributed by atoms with Gasteiger partial charge >= 0.3 is 0 Å². The van der Waals surface area contributed by atoms with Gasteiger partial charge in [-0.3, -0.25) is 0 Å². The number of hydrogen-bond acceptors (Lipinski definition) is 5.